The highest BCUT2D eigenvalue weighted by molar-refractivity contribution is 6.31. The van der Waals surface area contributed by atoms with Gasteiger partial charge in [-0.15, -0.1) is 0 Å². The molecule has 0 saturated carbocycles. The standard InChI is InChI=1S/C20H19ClN2O5/c1-27-17-8-7-14(21)10-16(17)22-18(24)12-28-20(26)13-9-19(25)23(11-13)15-5-3-2-4-6-15/h2-8,10,13H,9,11-12H2,1H3,(H,22,24)/t13-/m0/s1. The fourth-order valence-electron chi connectivity index (χ4n) is 2.94. The van der Waals surface area contributed by atoms with Crippen molar-refractivity contribution in [3.05, 3.63) is 53.6 Å². The molecule has 28 heavy (non-hydrogen) atoms. The van der Waals surface area contributed by atoms with Gasteiger partial charge in [0.25, 0.3) is 5.91 Å². The van der Waals surface area contributed by atoms with E-state index < -0.39 is 24.4 Å². The van der Waals surface area contributed by atoms with Crippen LogP contribution in [-0.2, 0) is 19.1 Å². The van der Waals surface area contributed by atoms with Crippen molar-refractivity contribution in [2.75, 3.05) is 30.5 Å². The fourth-order valence-corrected chi connectivity index (χ4v) is 3.11. The first-order valence-electron chi connectivity index (χ1n) is 8.63. The number of carbonyl (C=O) groups excluding carboxylic acids is 3. The zero-order valence-corrected chi connectivity index (χ0v) is 15.9. The quantitative estimate of drug-likeness (QED) is 0.751. The van der Waals surface area contributed by atoms with Gasteiger partial charge in [0.2, 0.25) is 5.91 Å². The van der Waals surface area contributed by atoms with Gasteiger partial charge in [0.05, 0.1) is 18.7 Å². The number of benzene rings is 2. The maximum Gasteiger partial charge on any atom is 0.311 e. The van der Waals surface area contributed by atoms with E-state index in [1.54, 1.807) is 29.2 Å². The topological polar surface area (TPSA) is 84.9 Å². The molecule has 146 valence electrons. The van der Waals surface area contributed by atoms with Crippen LogP contribution in [-0.4, -0.2) is 38.0 Å². The van der Waals surface area contributed by atoms with Gasteiger partial charge in [-0.25, -0.2) is 0 Å². The average Bonchev–Trinajstić information content (AvgIpc) is 3.09. The van der Waals surface area contributed by atoms with Crippen molar-refractivity contribution in [2.45, 2.75) is 6.42 Å². The Hall–Kier alpha value is -3.06. The summed E-state index contributed by atoms with van der Waals surface area (Å²) in [6.07, 6.45) is 0.0530. The Labute approximate surface area is 167 Å². The minimum atomic E-state index is -0.610. The van der Waals surface area contributed by atoms with Gasteiger partial charge in [0.15, 0.2) is 6.61 Å². The van der Waals surface area contributed by atoms with E-state index >= 15 is 0 Å². The Bertz CT molecular complexity index is 887. The van der Waals surface area contributed by atoms with E-state index in [-0.39, 0.29) is 18.9 Å². The van der Waals surface area contributed by atoms with Crippen molar-refractivity contribution >= 4 is 40.8 Å². The molecule has 1 fully saturated rings. The maximum atomic E-state index is 12.3. The van der Waals surface area contributed by atoms with E-state index in [9.17, 15) is 14.4 Å². The number of nitrogens with one attached hydrogen (secondary N) is 1. The molecular weight excluding hydrogens is 384 g/mol. The van der Waals surface area contributed by atoms with Crippen molar-refractivity contribution in [3.8, 4) is 5.75 Å². The van der Waals surface area contributed by atoms with Gasteiger partial charge in [-0.1, -0.05) is 29.8 Å². The smallest absolute Gasteiger partial charge is 0.311 e. The third kappa shape index (κ3) is 4.61. The lowest BCUT2D eigenvalue weighted by Crippen LogP contribution is -2.28. The summed E-state index contributed by atoms with van der Waals surface area (Å²) in [5, 5.41) is 3.02. The molecular formula is C20H19ClN2O5. The summed E-state index contributed by atoms with van der Waals surface area (Å²) in [4.78, 5) is 38.1. The molecule has 3 rings (SSSR count). The number of hydrogen-bond acceptors (Lipinski definition) is 5. The molecule has 7 nitrogen and oxygen atoms in total. The van der Waals surface area contributed by atoms with E-state index in [0.29, 0.717) is 16.5 Å². The monoisotopic (exact) mass is 402 g/mol. The van der Waals surface area contributed by atoms with E-state index in [2.05, 4.69) is 5.32 Å². The van der Waals surface area contributed by atoms with Gasteiger partial charge < -0.3 is 19.7 Å². The highest BCUT2D eigenvalue weighted by Crippen LogP contribution is 2.28. The average molecular weight is 403 g/mol. The van der Waals surface area contributed by atoms with Crippen LogP contribution in [0.1, 0.15) is 6.42 Å². The number of nitrogens with zero attached hydrogens (tertiary/aromatic N) is 1. The molecule has 2 aromatic carbocycles. The molecule has 0 unspecified atom stereocenters. The molecule has 1 aliphatic heterocycles. The zero-order valence-electron chi connectivity index (χ0n) is 15.2. The Morgan fingerprint density at radius 3 is 2.68 bits per heavy atom. The van der Waals surface area contributed by atoms with Crippen molar-refractivity contribution in [2.24, 2.45) is 5.92 Å². The van der Waals surface area contributed by atoms with Crippen LogP contribution in [0.3, 0.4) is 0 Å². The number of ether oxygens (including phenoxy) is 2. The van der Waals surface area contributed by atoms with E-state index in [0.717, 1.165) is 5.69 Å². The highest BCUT2D eigenvalue weighted by atomic mass is 35.5. The maximum absolute atomic E-state index is 12.3. The third-order valence-corrected chi connectivity index (χ3v) is 4.54. The summed E-state index contributed by atoms with van der Waals surface area (Å²) in [6, 6.07) is 13.9. The Kier molecular flexibility index (Phi) is 6.16. The first-order chi connectivity index (χ1) is 13.5. The lowest BCUT2D eigenvalue weighted by Gasteiger charge is -2.16. The second-order valence-electron chi connectivity index (χ2n) is 6.24. The Morgan fingerprint density at radius 2 is 1.96 bits per heavy atom. The number of para-hydroxylation sites is 1. The summed E-state index contributed by atoms with van der Waals surface area (Å²) >= 11 is 5.92. The molecule has 1 N–H and O–H groups in total. The van der Waals surface area contributed by atoms with Crippen LogP contribution >= 0.6 is 11.6 Å². The molecule has 0 aromatic heterocycles. The lowest BCUT2D eigenvalue weighted by molar-refractivity contribution is -0.151. The van der Waals surface area contributed by atoms with Crippen LogP contribution in [0.2, 0.25) is 5.02 Å². The number of anilines is 2. The Balaban J connectivity index is 1.54. The number of methoxy groups -OCH3 is 1. The van der Waals surface area contributed by atoms with Gasteiger partial charge >= 0.3 is 5.97 Å². The van der Waals surface area contributed by atoms with Crippen LogP contribution in [0, 0.1) is 5.92 Å². The molecule has 1 atom stereocenters. The number of halogens is 1. The van der Waals surface area contributed by atoms with E-state index in [1.807, 2.05) is 18.2 Å². The second kappa shape index (κ2) is 8.75. The third-order valence-electron chi connectivity index (χ3n) is 4.31. The number of esters is 1. The minimum absolute atomic E-state index is 0.0530. The molecule has 1 heterocycles. The molecule has 1 saturated heterocycles. The summed E-state index contributed by atoms with van der Waals surface area (Å²) in [6.45, 7) is -0.240. The summed E-state index contributed by atoms with van der Waals surface area (Å²) in [5.41, 5.74) is 1.11. The number of hydrogen-bond donors (Lipinski definition) is 1. The highest BCUT2D eigenvalue weighted by Gasteiger charge is 2.36. The van der Waals surface area contributed by atoms with E-state index in [1.165, 1.54) is 13.2 Å². The van der Waals surface area contributed by atoms with Crippen LogP contribution in [0.25, 0.3) is 0 Å². The molecule has 2 amide bonds. The van der Waals surface area contributed by atoms with Crippen molar-refractivity contribution in [3.63, 3.8) is 0 Å². The first-order valence-corrected chi connectivity index (χ1v) is 9.01. The second-order valence-corrected chi connectivity index (χ2v) is 6.68. The van der Waals surface area contributed by atoms with Crippen LogP contribution in [0.5, 0.6) is 5.75 Å². The molecule has 2 aromatic rings. The van der Waals surface area contributed by atoms with Crippen LogP contribution in [0.15, 0.2) is 48.5 Å². The first kappa shape index (κ1) is 19.7. The van der Waals surface area contributed by atoms with Gasteiger partial charge in [0.1, 0.15) is 5.75 Å². The minimum Gasteiger partial charge on any atom is -0.495 e. The predicted molar refractivity (Wildman–Crippen MR) is 104 cm³/mol. The van der Waals surface area contributed by atoms with Crippen LogP contribution in [0.4, 0.5) is 11.4 Å². The van der Waals surface area contributed by atoms with Crippen LogP contribution < -0.4 is 15.0 Å². The van der Waals surface area contributed by atoms with Gasteiger partial charge in [-0.3, -0.25) is 14.4 Å². The molecule has 1 aliphatic rings. The number of amides is 2. The largest absolute Gasteiger partial charge is 0.495 e. The SMILES string of the molecule is COc1ccc(Cl)cc1NC(=O)COC(=O)[C@H]1CC(=O)N(c2ccccc2)C1. The van der Waals surface area contributed by atoms with Gasteiger partial charge in [-0.2, -0.15) is 0 Å². The summed E-state index contributed by atoms with van der Waals surface area (Å²) < 4.78 is 10.2. The van der Waals surface area contributed by atoms with Crippen molar-refractivity contribution < 1.29 is 23.9 Å². The fraction of sp³-hybridized carbons (Fsp3) is 0.250. The molecule has 0 spiro atoms. The predicted octanol–water partition coefficient (Wildman–Crippen LogP) is 2.88. The van der Waals surface area contributed by atoms with E-state index in [4.69, 9.17) is 21.1 Å². The van der Waals surface area contributed by atoms with Crippen molar-refractivity contribution in [1.29, 1.82) is 0 Å². The molecule has 0 aliphatic carbocycles. The molecule has 8 heteroatoms. The molecule has 0 radical (unpaired) electrons. The summed E-state index contributed by atoms with van der Waals surface area (Å²) in [5.74, 6) is -1.44. The normalized spacial score (nSPS) is 16.0. The molecule has 0 bridgehead atoms. The number of rotatable bonds is 6. The lowest BCUT2D eigenvalue weighted by atomic mass is 10.1. The summed E-state index contributed by atoms with van der Waals surface area (Å²) in [7, 11) is 1.47. The van der Waals surface area contributed by atoms with Crippen molar-refractivity contribution in [1.82, 2.24) is 0 Å². The number of carbonyl (C=O) groups is 3. The van der Waals surface area contributed by atoms with Gasteiger partial charge in [0, 0.05) is 23.7 Å². The zero-order chi connectivity index (χ0) is 20.1. The van der Waals surface area contributed by atoms with Gasteiger partial charge in [-0.05, 0) is 30.3 Å². The Morgan fingerprint density at radius 1 is 1.21 bits per heavy atom.